The number of benzene rings is 1. The Balaban J connectivity index is 1.16. The molecule has 0 radical (unpaired) electrons. The zero-order chi connectivity index (χ0) is 20.0. The van der Waals surface area contributed by atoms with Gasteiger partial charge >= 0.3 is 0 Å². The number of aromatic amines is 1. The molecular formula is C20H26ClFN6O. The molecule has 3 aliphatic heterocycles. The number of piperazine rings is 1. The van der Waals surface area contributed by atoms with Gasteiger partial charge in [0.05, 0.1) is 23.6 Å². The minimum Gasteiger partial charge on any atom is -0.340 e. The lowest BCUT2D eigenvalue weighted by Crippen LogP contribution is -2.51. The number of fused-ring (bicyclic) bond motifs is 1. The van der Waals surface area contributed by atoms with Gasteiger partial charge in [-0.15, -0.1) is 0 Å². The van der Waals surface area contributed by atoms with Crippen LogP contribution in [0.25, 0.3) is 11.0 Å². The van der Waals surface area contributed by atoms with E-state index in [1.54, 1.807) is 4.90 Å². The number of nitrogens with one attached hydrogen (secondary N) is 2. The van der Waals surface area contributed by atoms with E-state index < -0.39 is 6.17 Å². The van der Waals surface area contributed by atoms with E-state index in [1.807, 2.05) is 18.2 Å². The van der Waals surface area contributed by atoms with Crippen molar-refractivity contribution < 1.29 is 9.18 Å². The molecule has 3 aliphatic rings. The van der Waals surface area contributed by atoms with Gasteiger partial charge in [-0.25, -0.2) is 9.37 Å². The van der Waals surface area contributed by atoms with Crippen molar-refractivity contribution in [1.82, 2.24) is 25.1 Å². The number of halogens is 2. The lowest BCUT2D eigenvalue weighted by molar-refractivity contribution is -0.132. The quantitative estimate of drug-likeness (QED) is 0.790. The second-order valence-electron chi connectivity index (χ2n) is 8.27. The number of alkyl halides is 1. The van der Waals surface area contributed by atoms with Crippen LogP contribution < -0.4 is 10.2 Å². The lowest BCUT2D eigenvalue weighted by Gasteiger charge is -2.37. The zero-order valence-electron chi connectivity index (χ0n) is 16.3. The normalized spacial score (nSPS) is 28.6. The van der Waals surface area contributed by atoms with Crippen molar-refractivity contribution in [3.05, 3.63) is 23.2 Å². The van der Waals surface area contributed by atoms with Gasteiger partial charge in [0.15, 0.2) is 0 Å². The third-order valence-electron chi connectivity index (χ3n) is 6.41. The molecule has 3 atom stereocenters. The molecule has 0 bridgehead atoms. The number of amides is 1. The molecule has 0 aliphatic carbocycles. The smallest absolute Gasteiger partial charge is 0.239 e. The average molecular weight is 421 g/mol. The van der Waals surface area contributed by atoms with Gasteiger partial charge < -0.3 is 20.1 Å². The molecule has 1 aromatic carbocycles. The van der Waals surface area contributed by atoms with Gasteiger partial charge in [-0.05, 0) is 31.0 Å². The van der Waals surface area contributed by atoms with E-state index in [9.17, 15) is 9.18 Å². The van der Waals surface area contributed by atoms with Crippen LogP contribution in [-0.2, 0) is 4.79 Å². The Morgan fingerprint density at radius 3 is 2.79 bits per heavy atom. The van der Waals surface area contributed by atoms with E-state index in [-0.39, 0.29) is 18.5 Å². The summed E-state index contributed by atoms with van der Waals surface area (Å²) in [7, 11) is 0. The number of aromatic nitrogens is 2. The highest BCUT2D eigenvalue weighted by molar-refractivity contribution is 6.31. The fourth-order valence-electron chi connectivity index (χ4n) is 4.74. The summed E-state index contributed by atoms with van der Waals surface area (Å²) >= 11 is 6.07. The zero-order valence-corrected chi connectivity index (χ0v) is 17.0. The van der Waals surface area contributed by atoms with Crippen LogP contribution in [0.15, 0.2) is 18.2 Å². The van der Waals surface area contributed by atoms with E-state index in [0.29, 0.717) is 24.0 Å². The molecule has 9 heteroatoms. The van der Waals surface area contributed by atoms with Gasteiger partial charge in [-0.1, -0.05) is 11.6 Å². The molecular weight excluding hydrogens is 395 g/mol. The van der Waals surface area contributed by atoms with E-state index in [1.165, 1.54) is 0 Å². The number of likely N-dealkylation sites (tertiary alicyclic amines) is 1. The summed E-state index contributed by atoms with van der Waals surface area (Å²) in [4.78, 5) is 27.1. The number of carbonyl (C=O) groups excluding carboxylic acids is 1. The molecule has 0 saturated carbocycles. The number of anilines is 1. The van der Waals surface area contributed by atoms with E-state index in [0.717, 1.165) is 56.1 Å². The van der Waals surface area contributed by atoms with Gasteiger partial charge in [0.1, 0.15) is 6.17 Å². The molecule has 1 amide bonds. The van der Waals surface area contributed by atoms with Crippen molar-refractivity contribution in [3.8, 4) is 0 Å². The Morgan fingerprint density at radius 2 is 2.03 bits per heavy atom. The maximum Gasteiger partial charge on any atom is 0.239 e. The summed E-state index contributed by atoms with van der Waals surface area (Å²) in [5, 5.41) is 4.06. The van der Waals surface area contributed by atoms with Crippen molar-refractivity contribution in [2.45, 2.75) is 31.1 Å². The second-order valence-corrected chi connectivity index (χ2v) is 8.70. The summed E-state index contributed by atoms with van der Waals surface area (Å²) in [6, 6.07) is 5.86. The van der Waals surface area contributed by atoms with Gasteiger partial charge in [0, 0.05) is 50.3 Å². The molecule has 1 unspecified atom stereocenters. The topological polar surface area (TPSA) is 67.5 Å². The fraction of sp³-hybridized carbons (Fsp3) is 0.600. The van der Waals surface area contributed by atoms with Crippen LogP contribution in [0.5, 0.6) is 0 Å². The molecule has 29 heavy (non-hydrogen) atoms. The van der Waals surface area contributed by atoms with Crippen molar-refractivity contribution in [2.75, 3.05) is 50.7 Å². The third-order valence-corrected chi connectivity index (χ3v) is 6.64. The summed E-state index contributed by atoms with van der Waals surface area (Å²) < 4.78 is 13.4. The molecule has 2 aromatic rings. The van der Waals surface area contributed by atoms with Crippen LogP contribution in [0.1, 0.15) is 12.8 Å². The highest BCUT2D eigenvalue weighted by Gasteiger charge is 2.38. The van der Waals surface area contributed by atoms with Crippen molar-refractivity contribution >= 4 is 34.5 Å². The molecule has 3 fully saturated rings. The number of carbonyl (C=O) groups is 1. The first-order chi connectivity index (χ1) is 14.1. The molecule has 0 spiro atoms. The predicted molar refractivity (Wildman–Crippen MR) is 111 cm³/mol. The Morgan fingerprint density at radius 1 is 1.21 bits per heavy atom. The third kappa shape index (κ3) is 3.81. The minimum atomic E-state index is -0.862. The van der Waals surface area contributed by atoms with Crippen LogP contribution in [0.2, 0.25) is 5.02 Å². The molecule has 2 N–H and O–H groups in total. The largest absolute Gasteiger partial charge is 0.340 e. The molecule has 5 rings (SSSR count). The SMILES string of the molecule is O=C([C@@H]1C[C@H](N2CCN(c3nc4ccc(Cl)cc4[nH]3)CC2)CN1)N1CCC(F)C1. The van der Waals surface area contributed by atoms with E-state index >= 15 is 0 Å². The highest BCUT2D eigenvalue weighted by atomic mass is 35.5. The number of H-pyrrole nitrogens is 1. The first-order valence-electron chi connectivity index (χ1n) is 10.4. The molecule has 7 nitrogen and oxygen atoms in total. The Kier molecular flexibility index (Phi) is 5.09. The average Bonchev–Trinajstić information content (AvgIpc) is 3.46. The molecule has 4 heterocycles. The van der Waals surface area contributed by atoms with Crippen LogP contribution in [0, 0.1) is 0 Å². The number of nitrogens with zero attached hydrogens (tertiary/aromatic N) is 4. The van der Waals surface area contributed by atoms with Gasteiger partial charge in [-0.3, -0.25) is 9.69 Å². The second kappa shape index (κ2) is 7.74. The molecule has 156 valence electrons. The Labute approximate surface area is 174 Å². The summed E-state index contributed by atoms with van der Waals surface area (Å²) in [6.07, 6.45) is 0.409. The highest BCUT2D eigenvalue weighted by Crippen LogP contribution is 2.24. The Bertz CT molecular complexity index is 898. The number of rotatable bonds is 3. The van der Waals surface area contributed by atoms with Crippen LogP contribution in [0.3, 0.4) is 0 Å². The molecule has 3 saturated heterocycles. The Hall–Kier alpha value is -1.90. The predicted octanol–water partition coefficient (Wildman–Crippen LogP) is 1.64. The van der Waals surface area contributed by atoms with Gasteiger partial charge in [0.2, 0.25) is 11.9 Å². The van der Waals surface area contributed by atoms with Crippen molar-refractivity contribution in [3.63, 3.8) is 0 Å². The molecule has 1 aromatic heterocycles. The first kappa shape index (κ1) is 19.1. The summed E-state index contributed by atoms with van der Waals surface area (Å²) in [6.45, 7) is 5.25. The summed E-state index contributed by atoms with van der Waals surface area (Å²) in [5.41, 5.74) is 1.87. The van der Waals surface area contributed by atoms with Gasteiger partial charge in [-0.2, -0.15) is 0 Å². The van der Waals surface area contributed by atoms with Gasteiger partial charge in [0.25, 0.3) is 0 Å². The van der Waals surface area contributed by atoms with Crippen LogP contribution >= 0.6 is 11.6 Å². The standard InChI is InChI=1S/C20H26ClFN6O/c21-13-1-2-16-17(9-13)25-20(24-16)27-7-5-26(6-8-27)15-10-18(23-11-15)19(29)28-4-3-14(22)12-28/h1-2,9,14-15,18,23H,3-8,10-12H2,(H,24,25)/t14?,15-,18-/m0/s1. The van der Waals surface area contributed by atoms with Crippen molar-refractivity contribution in [1.29, 1.82) is 0 Å². The fourth-order valence-corrected chi connectivity index (χ4v) is 4.91. The number of hydrogen-bond acceptors (Lipinski definition) is 5. The first-order valence-corrected chi connectivity index (χ1v) is 10.7. The monoisotopic (exact) mass is 420 g/mol. The van der Waals surface area contributed by atoms with Crippen LogP contribution in [0.4, 0.5) is 10.3 Å². The minimum absolute atomic E-state index is 0.0622. The van der Waals surface area contributed by atoms with E-state index in [2.05, 4.69) is 25.1 Å². The van der Waals surface area contributed by atoms with Crippen LogP contribution in [-0.4, -0.2) is 89.7 Å². The summed E-state index contributed by atoms with van der Waals surface area (Å²) in [5.74, 6) is 0.946. The maximum atomic E-state index is 13.4. The van der Waals surface area contributed by atoms with Crippen molar-refractivity contribution in [2.24, 2.45) is 0 Å². The lowest BCUT2D eigenvalue weighted by atomic mass is 10.1. The van der Waals surface area contributed by atoms with E-state index in [4.69, 9.17) is 11.6 Å². The number of hydrogen-bond donors (Lipinski definition) is 2. The maximum absolute atomic E-state index is 13.4. The number of imidazole rings is 1.